The molecule has 6 atom stereocenters. The summed E-state index contributed by atoms with van der Waals surface area (Å²) in [6.45, 7) is 4.83. The quantitative estimate of drug-likeness (QED) is 0.698. The van der Waals surface area contributed by atoms with Crippen LogP contribution in [0.5, 0.6) is 0 Å². The van der Waals surface area contributed by atoms with Crippen LogP contribution in [0.15, 0.2) is 23.8 Å². The second-order valence-corrected chi connectivity index (χ2v) is 8.01. The first-order valence-electron chi connectivity index (χ1n) is 8.55. The highest BCUT2D eigenvalue weighted by atomic mass is 16.5. The molecule has 3 fully saturated rings. The fourth-order valence-electron chi connectivity index (χ4n) is 5.66. The highest BCUT2D eigenvalue weighted by molar-refractivity contribution is 6.01. The molecular formula is C19H24O4. The van der Waals surface area contributed by atoms with Crippen LogP contribution in [0, 0.1) is 28.6 Å². The first-order valence-corrected chi connectivity index (χ1v) is 8.55. The molecule has 0 spiro atoms. The zero-order valence-corrected chi connectivity index (χ0v) is 14.0. The number of allylic oxidation sites excluding steroid dienone is 3. The molecule has 4 rings (SSSR count). The van der Waals surface area contributed by atoms with Gasteiger partial charge < -0.3 is 9.47 Å². The summed E-state index contributed by atoms with van der Waals surface area (Å²) in [5.74, 6) is 1.12. The van der Waals surface area contributed by atoms with E-state index in [2.05, 4.69) is 19.9 Å². The minimum atomic E-state index is -0.342. The van der Waals surface area contributed by atoms with E-state index in [1.165, 1.54) is 0 Å². The Hall–Kier alpha value is -1.42. The molecule has 0 N–H and O–H groups in total. The number of methoxy groups -OCH3 is 1. The fourth-order valence-corrected chi connectivity index (χ4v) is 5.66. The number of cyclic esters (lactones) is 1. The normalized spacial score (nSPS) is 48.2. The van der Waals surface area contributed by atoms with E-state index in [0.717, 1.165) is 24.8 Å². The third-order valence-electron chi connectivity index (χ3n) is 7.09. The van der Waals surface area contributed by atoms with Crippen LogP contribution in [-0.2, 0) is 19.1 Å². The standard InChI is InChI=1S/C19H24O4/c1-18-6-4-11(20)8-14(18)16(22-3)9-12-13(18)5-7-19(2)15(12)10-23-17(19)21/h4,6,8,12-13,15-16H,5,7,9-10H2,1-3H3/t12-,13+,15+,16-,18-,19+/m1/s1. The molecule has 0 aromatic carbocycles. The van der Waals surface area contributed by atoms with E-state index in [9.17, 15) is 9.59 Å². The van der Waals surface area contributed by atoms with Crippen LogP contribution in [0.3, 0.4) is 0 Å². The lowest BCUT2D eigenvalue weighted by Gasteiger charge is -2.56. The topological polar surface area (TPSA) is 52.6 Å². The first-order chi connectivity index (χ1) is 10.9. The van der Waals surface area contributed by atoms with Crippen LogP contribution >= 0.6 is 0 Å². The Balaban J connectivity index is 1.77. The molecule has 23 heavy (non-hydrogen) atoms. The summed E-state index contributed by atoms with van der Waals surface area (Å²) in [6, 6.07) is 0. The number of ketones is 1. The Morgan fingerprint density at radius 2 is 2.04 bits per heavy atom. The molecule has 0 bridgehead atoms. The van der Waals surface area contributed by atoms with Gasteiger partial charge in [0.25, 0.3) is 0 Å². The molecule has 2 saturated carbocycles. The lowest BCUT2D eigenvalue weighted by atomic mass is 9.48. The summed E-state index contributed by atoms with van der Waals surface area (Å²) in [5.41, 5.74) is 0.623. The summed E-state index contributed by atoms with van der Waals surface area (Å²) in [6.07, 6.45) is 8.24. The van der Waals surface area contributed by atoms with Crippen LogP contribution in [0.25, 0.3) is 0 Å². The van der Waals surface area contributed by atoms with Crippen molar-refractivity contribution in [3.63, 3.8) is 0 Å². The minimum Gasteiger partial charge on any atom is -0.465 e. The molecule has 4 heteroatoms. The number of carbonyl (C=O) groups excluding carboxylic acids is 2. The summed E-state index contributed by atoms with van der Waals surface area (Å²) in [4.78, 5) is 24.1. The number of rotatable bonds is 1. The van der Waals surface area contributed by atoms with Gasteiger partial charge in [0.2, 0.25) is 0 Å². The second kappa shape index (κ2) is 4.79. The lowest BCUT2D eigenvalue weighted by molar-refractivity contribution is -0.148. The van der Waals surface area contributed by atoms with Crippen LogP contribution in [0.2, 0.25) is 0 Å². The van der Waals surface area contributed by atoms with E-state index in [4.69, 9.17) is 9.47 Å². The van der Waals surface area contributed by atoms with Gasteiger partial charge in [-0.1, -0.05) is 13.0 Å². The highest BCUT2D eigenvalue weighted by Gasteiger charge is 2.61. The van der Waals surface area contributed by atoms with Crippen molar-refractivity contribution in [3.05, 3.63) is 23.8 Å². The zero-order valence-electron chi connectivity index (χ0n) is 14.0. The van der Waals surface area contributed by atoms with E-state index in [1.54, 1.807) is 19.3 Å². The van der Waals surface area contributed by atoms with E-state index >= 15 is 0 Å². The minimum absolute atomic E-state index is 0.0317. The third kappa shape index (κ3) is 1.87. The van der Waals surface area contributed by atoms with E-state index in [-0.39, 0.29) is 34.6 Å². The molecule has 0 aromatic heterocycles. The Bertz CT molecular complexity index is 633. The van der Waals surface area contributed by atoms with Gasteiger partial charge >= 0.3 is 5.97 Å². The van der Waals surface area contributed by atoms with Gasteiger partial charge in [0.05, 0.1) is 18.1 Å². The molecule has 4 aliphatic rings. The van der Waals surface area contributed by atoms with E-state index in [1.807, 2.05) is 0 Å². The van der Waals surface area contributed by atoms with Gasteiger partial charge in [-0.25, -0.2) is 0 Å². The third-order valence-corrected chi connectivity index (χ3v) is 7.09. The Morgan fingerprint density at radius 1 is 1.26 bits per heavy atom. The summed E-state index contributed by atoms with van der Waals surface area (Å²) in [5, 5.41) is 0. The summed E-state index contributed by atoms with van der Waals surface area (Å²) in [7, 11) is 1.72. The van der Waals surface area contributed by atoms with Gasteiger partial charge in [0.1, 0.15) is 0 Å². The van der Waals surface area contributed by atoms with Gasteiger partial charge in [-0.3, -0.25) is 9.59 Å². The number of carbonyl (C=O) groups is 2. The number of hydrogen-bond donors (Lipinski definition) is 0. The maximum Gasteiger partial charge on any atom is 0.312 e. The van der Waals surface area contributed by atoms with E-state index in [0.29, 0.717) is 18.4 Å². The van der Waals surface area contributed by atoms with Gasteiger partial charge in [-0.2, -0.15) is 0 Å². The van der Waals surface area contributed by atoms with Crippen molar-refractivity contribution < 1.29 is 19.1 Å². The number of ether oxygens (including phenoxy) is 2. The molecule has 0 amide bonds. The predicted octanol–water partition coefficient (Wildman–Crippen LogP) is 2.68. The molecule has 0 aromatic rings. The summed E-state index contributed by atoms with van der Waals surface area (Å²) < 4.78 is 11.2. The lowest BCUT2D eigenvalue weighted by Crippen LogP contribution is -2.53. The van der Waals surface area contributed by atoms with Crippen molar-refractivity contribution in [2.24, 2.45) is 28.6 Å². The zero-order chi connectivity index (χ0) is 16.4. The van der Waals surface area contributed by atoms with Crippen molar-refractivity contribution >= 4 is 11.8 Å². The molecule has 3 aliphatic carbocycles. The first kappa shape index (κ1) is 15.1. The largest absolute Gasteiger partial charge is 0.465 e. The highest BCUT2D eigenvalue weighted by Crippen LogP contribution is 2.62. The molecule has 1 aliphatic heterocycles. The maximum absolute atomic E-state index is 12.2. The molecule has 124 valence electrons. The average Bonchev–Trinajstić information content (AvgIpc) is 2.83. The number of hydrogen-bond acceptors (Lipinski definition) is 4. The number of esters is 1. The van der Waals surface area contributed by atoms with Crippen LogP contribution in [0.1, 0.15) is 33.1 Å². The molecule has 0 unspecified atom stereocenters. The predicted molar refractivity (Wildman–Crippen MR) is 84.5 cm³/mol. The second-order valence-electron chi connectivity index (χ2n) is 8.01. The Labute approximate surface area is 136 Å². The van der Waals surface area contributed by atoms with Gasteiger partial charge in [0, 0.05) is 18.4 Å². The summed E-state index contributed by atoms with van der Waals surface area (Å²) >= 11 is 0. The maximum atomic E-state index is 12.2. The SMILES string of the molecule is CO[C@@H]1C[C@@H]2[C@H](CC[C@]3(C)C(=O)OC[C@@H]23)[C@@]2(C)C=CC(=O)C=C12. The van der Waals surface area contributed by atoms with E-state index < -0.39 is 0 Å². The van der Waals surface area contributed by atoms with Crippen LogP contribution < -0.4 is 0 Å². The van der Waals surface area contributed by atoms with Crippen LogP contribution in [-0.4, -0.2) is 31.6 Å². The molecule has 4 nitrogen and oxygen atoms in total. The van der Waals surface area contributed by atoms with Gasteiger partial charge in [0.15, 0.2) is 5.78 Å². The number of fused-ring (bicyclic) bond motifs is 5. The van der Waals surface area contributed by atoms with Crippen molar-refractivity contribution in [3.8, 4) is 0 Å². The molecule has 1 heterocycles. The van der Waals surface area contributed by atoms with Gasteiger partial charge in [-0.05, 0) is 55.7 Å². The molecular weight excluding hydrogens is 292 g/mol. The Kier molecular flexibility index (Phi) is 3.15. The van der Waals surface area contributed by atoms with Crippen molar-refractivity contribution in [1.82, 2.24) is 0 Å². The fraction of sp³-hybridized carbons (Fsp3) is 0.684. The Morgan fingerprint density at radius 3 is 2.78 bits per heavy atom. The van der Waals surface area contributed by atoms with Crippen LogP contribution in [0.4, 0.5) is 0 Å². The van der Waals surface area contributed by atoms with Gasteiger partial charge in [-0.15, -0.1) is 0 Å². The van der Waals surface area contributed by atoms with Crippen molar-refractivity contribution in [2.75, 3.05) is 13.7 Å². The van der Waals surface area contributed by atoms with Crippen molar-refractivity contribution in [2.45, 2.75) is 39.2 Å². The monoisotopic (exact) mass is 316 g/mol. The smallest absolute Gasteiger partial charge is 0.312 e. The average molecular weight is 316 g/mol. The molecule has 0 radical (unpaired) electrons. The molecule has 1 saturated heterocycles. The van der Waals surface area contributed by atoms with Crippen molar-refractivity contribution in [1.29, 1.82) is 0 Å².